The predicted octanol–water partition coefficient (Wildman–Crippen LogP) is 5.13. The van der Waals surface area contributed by atoms with Crippen molar-refractivity contribution in [2.75, 3.05) is 26.5 Å². The van der Waals surface area contributed by atoms with Gasteiger partial charge in [-0.1, -0.05) is 23.7 Å². The molecule has 4 rings (SSSR count). The molecular formula is C23H21ClN4O2. The number of aromatic nitrogens is 2. The molecule has 1 heterocycles. The molecule has 1 N–H and O–H groups in total. The maximum absolute atomic E-state index is 12.4. The van der Waals surface area contributed by atoms with Gasteiger partial charge < -0.3 is 15.0 Å². The van der Waals surface area contributed by atoms with E-state index in [9.17, 15) is 4.79 Å². The number of hydrogen-bond donors (Lipinski definition) is 1. The monoisotopic (exact) mass is 420 g/mol. The second kappa shape index (κ2) is 8.08. The molecular weight excluding hydrogens is 400 g/mol. The Morgan fingerprint density at radius 3 is 2.60 bits per heavy atom. The Hall–Kier alpha value is -3.51. The number of benzene rings is 3. The fourth-order valence-electron chi connectivity index (χ4n) is 3.25. The van der Waals surface area contributed by atoms with E-state index in [4.69, 9.17) is 21.4 Å². The van der Waals surface area contributed by atoms with E-state index >= 15 is 0 Å². The van der Waals surface area contributed by atoms with Crippen molar-refractivity contribution in [2.45, 2.75) is 0 Å². The summed E-state index contributed by atoms with van der Waals surface area (Å²) in [7, 11) is 5.10. The third-order valence-electron chi connectivity index (χ3n) is 4.72. The van der Waals surface area contributed by atoms with Crippen molar-refractivity contribution in [3.05, 3.63) is 77.3 Å². The summed E-state index contributed by atoms with van der Waals surface area (Å²) in [5.74, 6) is 1.33. The highest BCUT2D eigenvalue weighted by Crippen LogP contribution is 2.32. The number of nitrogens with zero attached hydrogens (tertiary/aromatic N) is 3. The molecule has 3 aromatic carbocycles. The van der Waals surface area contributed by atoms with Crippen LogP contribution in [0.2, 0.25) is 5.02 Å². The first-order chi connectivity index (χ1) is 14.5. The number of ether oxygens (including phenoxy) is 1. The van der Waals surface area contributed by atoms with E-state index in [-0.39, 0.29) is 5.91 Å². The molecule has 0 unspecified atom stereocenters. The standard InChI is InChI=1S/C23H21ClN4O2/c1-27(2)23(29)15-6-4-9-18(12-15)28-21-11-10-19(30-3)14-20(21)22(26-28)25-17-8-5-7-16(24)13-17/h4-14H,1-3H3,(H,25,26). The van der Waals surface area contributed by atoms with Crippen LogP contribution in [0.5, 0.6) is 5.75 Å². The van der Waals surface area contributed by atoms with Crippen molar-refractivity contribution >= 4 is 39.9 Å². The van der Waals surface area contributed by atoms with Crippen LogP contribution in [0.4, 0.5) is 11.5 Å². The summed E-state index contributed by atoms with van der Waals surface area (Å²) in [4.78, 5) is 14.0. The summed E-state index contributed by atoms with van der Waals surface area (Å²) in [6.07, 6.45) is 0. The number of rotatable bonds is 5. The van der Waals surface area contributed by atoms with E-state index in [0.717, 1.165) is 28.0 Å². The summed E-state index contributed by atoms with van der Waals surface area (Å²) < 4.78 is 7.22. The first-order valence-electron chi connectivity index (χ1n) is 9.38. The second-order valence-corrected chi connectivity index (χ2v) is 7.47. The van der Waals surface area contributed by atoms with Gasteiger partial charge in [0.25, 0.3) is 5.91 Å². The minimum atomic E-state index is -0.0627. The zero-order valence-electron chi connectivity index (χ0n) is 16.9. The smallest absolute Gasteiger partial charge is 0.253 e. The van der Waals surface area contributed by atoms with Gasteiger partial charge in [0.1, 0.15) is 5.75 Å². The van der Waals surface area contributed by atoms with Crippen LogP contribution in [-0.2, 0) is 0 Å². The van der Waals surface area contributed by atoms with Crippen LogP contribution in [0.1, 0.15) is 10.4 Å². The van der Waals surface area contributed by atoms with Gasteiger partial charge in [-0.05, 0) is 54.6 Å². The summed E-state index contributed by atoms with van der Waals surface area (Å²) in [6.45, 7) is 0. The van der Waals surface area contributed by atoms with Crippen LogP contribution in [0.3, 0.4) is 0 Å². The lowest BCUT2D eigenvalue weighted by molar-refractivity contribution is 0.0827. The molecule has 0 aliphatic heterocycles. The van der Waals surface area contributed by atoms with Gasteiger partial charge in [-0.3, -0.25) is 4.79 Å². The van der Waals surface area contributed by atoms with Crippen molar-refractivity contribution < 1.29 is 9.53 Å². The number of amides is 1. The molecule has 6 nitrogen and oxygen atoms in total. The van der Waals surface area contributed by atoms with Crippen molar-refractivity contribution in [1.82, 2.24) is 14.7 Å². The Morgan fingerprint density at radius 2 is 1.87 bits per heavy atom. The number of hydrogen-bond acceptors (Lipinski definition) is 4. The lowest BCUT2D eigenvalue weighted by Gasteiger charge is -2.11. The number of fused-ring (bicyclic) bond motifs is 1. The van der Waals surface area contributed by atoms with E-state index in [1.165, 1.54) is 0 Å². The average Bonchev–Trinajstić information content (AvgIpc) is 3.10. The first kappa shape index (κ1) is 19.8. The van der Waals surface area contributed by atoms with Crippen molar-refractivity contribution in [1.29, 1.82) is 0 Å². The zero-order valence-corrected chi connectivity index (χ0v) is 17.6. The van der Waals surface area contributed by atoms with Crippen LogP contribution >= 0.6 is 11.6 Å². The molecule has 0 saturated heterocycles. The quantitative estimate of drug-likeness (QED) is 0.486. The topological polar surface area (TPSA) is 59.4 Å². The Balaban J connectivity index is 1.85. The molecule has 0 saturated carbocycles. The highest BCUT2D eigenvalue weighted by atomic mass is 35.5. The third-order valence-corrected chi connectivity index (χ3v) is 4.95. The van der Waals surface area contributed by atoms with Gasteiger partial charge in [0.05, 0.1) is 18.3 Å². The first-order valence-corrected chi connectivity index (χ1v) is 9.75. The van der Waals surface area contributed by atoms with Gasteiger partial charge in [0.2, 0.25) is 0 Å². The van der Waals surface area contributed by atoms with Gasteiger partial charge in [0, 0.05) is 35.8 Å². The normalized spacial score (nSPS) is 10.8. The highest BCUT2D eigenvalue weighted by Gasteiger charge is 2.15. The molecule has 30 heavy (non-hydrogen) atoms. The van der Waals surface area contributed by atoms with Crippen molar-refractivity contribution in [3.8, 4) is 11.4 Å². The molecule has 152 valence electrons. The maximum atomic E-state index is 12.4. The maximum Gasteiger partial charge on any atom is 0.253 e. The summed E-state index contributed by atoms with van der Waals surface area (Å²) >= 11 is 6.13. The number of nitrogens with one attached hydrogen (secondary N) is 1. The van der Waals surface area contributed by atoms with Gasteiger partial charge in [-0.15, -0.1) is 5.10 Å². The molecule has 0 radical (unpaired) electrons. The number of carbonyl (C=O) groups excluding carboxylic acids is 1. The fourth-order valence-corrected chi connectivity index (χ4v) is 3.44. The Labute approximate surface area is 179 Å². The summed E-state index contributed by atoms with van der Waals surface area (Å²) in [5.41, 5.74) is 3.10. The van der Waals surface area contributed by atoms with Crippen molar-refractivity contribution in [2.24, 2.45) is 0 Å². The van der Waals surface area contributed by atoms with Crippen LogP contribution in [0.25, 0.3) is 16.6 Å². The fraction of sp³-hybridized carbons (Fsp3) is 0.130. The largest absolute Gasteiger partial charge is 0.497 e. The molecule has 0 bridgehead atoms. The second-order valence-electron chi connectivity index (χ2n) is 7.03. The molecule has 0 aliphatic rings. The van der Waals surface area contributed by atoms with E-state index in [2.05, 4.69) is 5.32 Å². The predicted molar refractivity (Wildman–Crippen MR) is 120 cm³/mol. The van der Waals surface area contributed by atoms with Gasteiger partial charge >= 0.3 is 0 Å². The number of anilines is 2. The van der Waals surface area contributed by atoms with E-state index in [1.807, 2.05) is 65.3 Å². The van der Waals surface area contributed by atoms with E-state index < -0.39 is 0 Å². The van der Waals surface area contributed by atoms with Gasteiger partial charge in [-0.2, -0.15) is 0 Å². The van der Waals surface area contributed by atoms with Crippen LogP contribution in [0.15, 0.2) is 66.7 Å². The molecule has 0 atom stereocenters. The van der Waals surface area contributed by atoms with E-state index in [0.29, 0.717) is 16.4 Å². The molecule has 4 aromatic rings. The van der Waals surface area contributed by atoms with Crippen LogP contribution < -0.4 is 10.1 Å². The zero-order chi connectivity index (χ0) is 21.3. The summed E-state index contributed by atoms with van der Waals surface area (Å²) in [5, 5.41) is 9.65. The summed E-state index contributed by atoms with van der Waals surface area (Å²) in [6, 6.07) is 20.6. The highest BCUT2D eigenvalue weighted by molar-refractivity contribution is 6.30. The molecule has 0 aliphatic carbocycles. The number of methoxy groups -OCH3 is 1. The Kier molecular flexibility index (Phi) is 5.33. The molecule has 0 spiro atoms. The molecule has 1 amide bonds. The molecule has 0 fully saturated rings. The minimum absolute atomic E-state index is 0.0627. The van der Waals surface area contributed by atoms with Crippen LogP contribution in [0, 0.1) is 0 Å². The van der Waals surface area contributed by atoms with Crippen molar-refractivity contribution in [3.63, 3.8) is 0 Å². The average molecular weight is 421 g/mol. The molecule has 1 aromatic heterocycles. The lowest BCUT2D eigenvalue weighted by atomic mass is 10.1. The molecule has 7 heteroatoms. The third kappa shape index (κ3) is 3.82. The van der Waals surface area contributed by atoms with Crippen LogP contribution in [-0.4, -0.2) is 41.8 Å². The number of halogens is 1. The SMILES string of the molecule is COc1ccc2c(c1)c(Nc1cccc(Cl)c1)nn2-c1cccc(C(=O)N(C)C)c1. The van der Waals surface area contributed by atoms with E-state index in [1.54, 1.807) is 32.2 Å². The van der Waals surface area contributed by atoms with Gasteiger partial charge in [0.15, 0.2) is 5.82 Å². The lowest BCUT2D eigenvalue weighted by Crippen LogP contribution is -2.21. The number of carbonyl (C=O) groups is 1. The van der Waals surface area contributed by atoms with Gasteiger partial charge in [-0.25, -0.2) is 4.68 Å². The Bertz CT molecular complexity index is 1230. The minimum Gasteiger partial charge on any atom is -0.497 e. The Morgan fingerprint density at radius 1 is 1.07 bits per heavy atom.